The molecule has 0 amide bonds. The Hall–Kier alpha value is -1.71. The van der Waals surface area contributed by atoms with Crippen LogP contribution in [-0.4, -0.2) is 60.7 Å². The number of aromatic nitrogens is 1. The maximum atomic E-state index is 12.2. The number of sulfonamides is 1. The van der Waals surface area contributed by atoms with Crippen molar-refractivity contribution in [3.8, 4) is 0 Å². The van der Waals surface area contributed by atoms with E-state index in [2.05, 4.69) is 4.98 Å². The molecule has 2 atom stereocenters. The number of hydrogen-bond donors (Lipinski definition) is 1. The number of benzene rings is 1. The van der Waals surface area contributed by atoms with Crippen LogP contribution in [0, 0.1) is 11.3 Å². The first-order valence-electron chi connectivity index (χ1n) is 8.17. The highest BCUT2D eigenvalue weighted by molar-refractivity contribution is 7.89. The zero-order valence-electron chi connectivity index (χ0n) is 13.8. The Bertz CT molecular complexity index is 909. The molecule has 2 saturated heterocycles. The molecule has 3 heterocycles. The summed E-state index contributed by atoms with van der Waals surface area (Å²) >= 11 is 1.54. The van der Waals surface area contributed by atoms with Gasteiger partial charge in [-0.3, -0.25) is 4.79 Å². The summed E-state index contributed by atoms with van der Waals surface area (Å²) in [6.45, 7) is 2.71. The minimum Gasteiger partial charge on any atom is -0.481 e. The fraction of sp³-hybridized carbons (Fsp3) is 0.500. The van der Waals surface area contributed by atoms with Crippen molar-refractivity contribution >= 4 is 42.7 Å². The fourth-order valence-electron chi connectivity index (χ4n) is 3.86. The summed E-state index contributed by atoms with van der Waals surface area (Å²) in [6, 6.07) is 7.82. The van der Waals surface area contributed by atoms with Crippen LogP contribution in [0.5, 0.6) is 0 Å². The summed E-state index contributed by atoms with van der Waals surface area (Å²) in [5.41, 5.74) is -0.153. The molecule has 0 bridgehead atoms. The summed E-state index contributed by atoms with van der Waals surface area (Å²) in [7, 11) is -3.38. The van der Waals surface area contributed by atoms with Crippen LogP contribution in [0.15, 0.2) is 24.3 Å². The van der Waals surface area contributed by atoms with E-state index in [4.69, 9.17) is 0 Å². The number of carboxylic acid groups (broad SMARTS) is 1. The molecular weight excluding hydrogens is 362 g/mol. The largest absolute Gasteiger partial charge is 0.481 e. The Morgan fingerprint density at radius 3 is 2.76 bits per heavy atom. The van der Waals surface area contributed by atoms with Crippen molar-refractivity contribution in [2.45, 2.75) is 6.92 Å². The number of para-hydroxylation sites is 1. The topological polar surface area (TPSA) is 90.8 Å². The standard InChI is InChI=1S/C16H19N3O4S2/c1-2-25(22,23)19-8-11-7-18(9-16(11,10-19)14(20)21)15-17-12-5-3-4-6-13(12)24-15/h3-6,11H,2,7-10H2,1H3,(H,20,21)/t11-,16-/m0/s1. The van der Waals surface area contributed by atoms with Gasteiger partial charge in [-0.05, 0) is 19.1 Å². The molecule has 0 unspecified atom stereocenters. The first-order valence-corrected chi connectivity index (χ1v) is 10.6. The highest BCUT2D eigenvalue weighted by Gasteiger charge is 2.59. The van der Waals surface area contributed by atoms with Crippen LogP contribution in [0.3, 0.4) is 0 Å². The zero-order valence-corrected chi connectivity index (χ0v) is 15.4. The van der Waals surface area contributed by atoms with E-state index < -0.39 is 21.4 Å². The summed E-state index contributed by atoms with van der Waals surface area (Å²) in [6.07, 6.45) is 0. The second-order valence-electron chi connectivity index (χ2n) is 6.70. The predicted molar refractivity (Wildman–Crippen MR) is 96.4 cm³/mol. The van der Waals surface area contributed by atoms with Crippen molar-refractivity contribution in [1.29, 1.82) is 0 Å². The lowest BCUT2D eigenvalue weighted by molar-refractivity contribution is -0.148. The molecule has 1 aromatic heterocycles. The predicted octanol–water partition coefficient (Wildman–Crippen LogP) is 1.47. The summed E-state index contributed by atoms with van der Waals surface area (Å²) in [4.78, 5) is 18.7. The van der Waals surface area contributed by atoms with Gasteiger partial charge in [-0.25, -0.2) is 17.7 Å². The minimum absolute atomic E-state index is 0.00297. The SMILES string of the molecule is CCS(=O)(=O)N1C[C@@H]2CN(c3nc4ccccc4s3)C[C@]2(C(=O)O)C1. The molecule has 9 heteroatoms. The lowest BCUT2D eigenvalue weighted by Crippen LogP contribution is -2.42. The molecule has 134 valence electrons. The number of rotatable bonds is 4. The van der Waals surface area contributed by atoms with Gasteiger partial charge in [0.25, 0.3) is 0 Å². The maximum absolute atomic E-state index is 12.2. The molecule has 0 saturated carbocycles. The maximum Gasteiger partial charge on any atom is 0.313 e. The zero-order chi connectivity index (χ0) is 17.8. The second kappa shape index (κ2) is 5.65. The Kier molecular flexibility index (Phi) is 3.78. The average molecular weight is 381 g/mol. The van der Waals surface area contributed by atoms with E-state index in [1.165, 1.54) is 4.31 Å². The number of aliphatic carboxylic acids is 1. The molecule has 4 rings (SSSR count). The molecule has 1 N–H and O–H groups in total. The van der Waals surface area contributed by atoms with Gasteiger partial charge in [0.2, 0.25) is 10.0 Å². The van der Waals surface area contributed by atoms with Gasteiger partial charge < -0.3 is 10.0 Å². The molecule has 2 aromatic rings. The number of nitrogens with zero attached hydrogens (tertiary/aromatic N) is 3. The Labute approximate surface area is 149 Å². The monoisotopic (exact) mass is 381 g/mol. The molecule has 25 heavy (non-hydrogen) atoms. The van der Waals surface area contributed by atoms with Crippen LogP contribution in [0.2, 0.25) is 0 Å². The van der Waals surface area contributed by atoms with E-state index in [0.29, 0.717) is 13.1 Å². The highest BCUT2D eigenvalue weighted by Crippen LogP contribution is 2.46. The number of carbonyl (C=O) groups is 1. The van der Waals surface area contributed by atoms with E-state index >= 15 is 0 Å². The van der Waals surface area contributed by atoms with Gasteiger partial charge in [0, 0.05) is 32.1 Å². The van der Waals surface area contributed by atoms with Crippen LogP contribution in [-0.2, 0) is 14.8 Å². The van der Waals surface area contributed by atoms with Crippen LogP contribution in [0.4, 0.5) is 5.13 Å². The van der Waals surface area contributed by atoms with Crippen LogP contribution in [0.1, 0.15) is 6.92 Å². The minimum atomic E-state index is -3.38. The molecule has 2 aliphatic heterocycles. The fourth-order valence-corrected chi connectivity index (χ4v) is 6.03. The van der Waals surface area contributed by atoms with Gasteiger partial charge in [0.1, 0.15) is 5.41 Å². The van der Waals surface area contributed by atoms with Crippen LogP contribution in [0.25, 0.3) is 10.2 Å². The first-order chi connectivity index (χ1) is 11.9. The number of anilines is 1. The third kappa shape index (κ3) is 2.52. The second-order valence-corrected chi connectivity index (χ2v) is 9.96. The van der Waals surface area contributed by atoms with Gasteiger partial charge in [-0.1, -0.05) is 23.5 Å². The lowest BCUT2D eigenvalue weighted by atomic mass is 9.81. The van der Waals surface area contributed by atoms with Crippen LogP contribution >= 0.6 is 11.3 Å². The Morgan fingerprint density at radius 1 is 1.36 bits per heavy atom. The van der Waals surface area contributed by atoms with Gasteiger partial charge in [-0.2, -0.15) is 0 Å². The summed E-state index contributed by atoms with van der Waals surface area (Å²) in [5, 5.41) is 10.7. The number of carboxylic acids is 1. The molecular formula is C16H19N3O4S2. The smallest absolute Gasteiger partial charge is 0.313 e. The number of fused-ring (bicyclic) bond motifs is 2. The van der Waals surface area contributed by atoms with E-state index in [-0.39, 0.29) is 24.8 Å². The molecule has 2 aliphatic rings. The normalized spacial score (nSPS) is 27.1. The molecule has 7 nitrogen and oxygen atoms in total. The van der Waals surface area contributed by atoms with Crippen molar-refractivity contribution in [3.05, 3.63) is 24.3 Å². The molecule has 1 aromatic carbocycles. The van der Waals surface area contributed by atoms with Crippen molar-refractivity contribution < 1.29 is 18.3 Å². The number of hydrogen-bond acceptors (Lipinski definition) is 6. The van der Waals surface area contributed by atoms with Gasteiger partial charge in [0.15, 0.2) is 5.13 Å². The van der Waals surface area contributed by atoms with Gasteiger partial charge in [0.05, 0.1) is 16.0 Å². The Balaban J connectivity index is 1.64. The van der Waals surface area contributed by atoms with E-state index in [1.807, 2.05) is 29.2 Å². The van der Waals surface area contributed by atoms with Crippen molar-refractivity contribution in [3.63, 3.8) is 0 Å². The summed E-state index contributed by atoms with van der Waals surface area (Å²) in [5.74, 6) is -1.15. The van der Waals surface area contributed by atoms with Crippen LogP contribution < -0.4 is 4.90 Å². The van der Waals surface area contributed by atoms with Crippen molar-refractivity contribution in [2.75, 3.05) is 36.8 Å². The molecule has 0 spiro atoms. The molecule has 0 aliphatic carbocycles. The van der Waals surface area contributed by atoms with E-state index in [0.717, 1.165) is 15.3 Å². The third-order valence-corrected chi connectivity index (χ3v) is 8.21. The number of thiazole rings is 1. The van der Waals surface area contributed by atoms with E-state index in [1.54, 1.807) is 18.3 Å². The molecule has 0 radical (unpaired) electrons. The average Bonchev–Trinajstić information content (AvgIpc) is 3.24. The van der Waals surface area contributed by atoms with Crippen molar-refractivity contribution in [1.82, 2.24) is 9.29 Å². The Morgan fingerprint density at radius 2 is 2.12 bits per heavy atom. The first kappa shape index (κ1) is 16.7. The highest BCUT2D eigenvalue weighted by atomic mass is 32.2. The summed E-state index contributed by atoms with van der Waals surface area (Å²) < 4.78 is 26.8. The van der Waals surface area contributed by atoms with E-state index in [9.17, 15) is 18.3 Å². The van der Waals surface area contributed by atoms with Gasteiger partial charge >= 0.3 is 5.97 Å². The lowest BCUT2D eigenvalue weighted by Gasteiger charge is -2.24. The third-order valence-electron chi connectivity index (χ3n) is 5.32. The molecule has 2 fully saturated rings. The van der Waals surface area contributed by atoms with Crippen molar-refractivity contribution in [2.24, 2.45) is 11.3 Å². The van der Waals surface area contributed by atoms with Gasteiger partial charge in [-0.15, -0.1) is 0 Å². The quantitative estimate of drug-likeness (QED) is 0.862.